The van der Waals surface area contributed by atoms with Gasteiger partial charge in [-0.25, -0.2) is 0 Å². The van der Waals surface area contributed by atoms with Gasteiger partial charge in [0.1, 0.15) is 0 Å². The minimum Gasteiger partial charge on any atom is -0.198 e. The fourth-order valence-corrected chi connectivity index (χ4v) is 1.73. The summed E-state index contributed by atoms with van der Waals surface area (Å²) >= 11 is 0. The third kappa shape index (κ3) is 3.09. The highest BCUT2D eigenvalue weighted by molar-refractivity contribution is 5.43. The molecule has 1 heteroatoms. The van der Waals surface area contributed by atoms with Crippen molar-refractivity contribution in [1.29, 1.82) is 5.26 Å². The highest BCUT2D eigenvalue weighted by Crippen LogP contribution is 2.33. The van der Waals surface area contributed by atoms with Gasteiger partial charge in [0.05, 0.1) is 12.0 Å². The Bertz CT molecular complexity index is 333. The summed E-state index contributed by atoms with van der Waals surface area (Å²) in [5, 5.41) is 8.58. The molecule has 0 amide bonds. The molecule has 0 aromatic heterocycles. The minimum absolute atomic E-state index is 0.177. The van der Waals surface area contributed by atoms with Gasteiger partial charge in [0.25, 0.3) is 0 Å². The Labute approximate surface area is 92.7 Å². The zero-order valence-electron chi connectivity index (χ0n) is 9.66. The van der Waals surface area contributed by atoms with Crippen molar-refractivity contribution in [2.24, 2.45) is 0 Å². The van der Waals surface area contributed by atoms with E-state index in [2.05, 4.69) is 26.0 Å². The van der Waals surface area contributed by atoms with Crippen molar-refractivity contribution in [2.45, 2.75) is 45.4 Å². The highest BCUT2D eigenvalue weighted by Gasteiger charge is 2.24. The maximum Gasteiger partial charge on any atom is 0.0755 e. The van der Waals surface area contributed by atoms with Crippen LogP contribution in [0.15, 0.2) is 24.3 Å². The van der Waals surface area contributed by atoms with Gasteiger partial charge in [-0.15, -0.1) is 0 Å². The summed E-state index contributed by atoms with van der Waals surface area (Å²) in [5.41, 5.74) is 2.57. The van der Waals surface area contributed by atoms with E-state index in [0.29, 0.717) is 0 Å². The van der Waals surface area contributed by atoms with Crippen molar-refractivity contribution in [3.8, 4) is 6.07 Å². The first-order valence-corrected chi connectivity index (χ1v) is 5.80. The average molecular weight is 201 g/mol. The third-order valence-electron chi connectivity index (χ3n) is 2.72. The fourth-order valence-electron chi connectivity index (χ4n) is 1.73. The summed E-state index contributed by atoms with van der Waals surface area (Å²) in [7, 11) is 0. The lowest BCUT2D eigenvalue weighted by atomic mass is 9.79. The second kappa shape index (κ2) is 6.24. The van der Waals surface area contributed by atoms with Gasteiger partial charge in [-0.1, -0.05) is 57.4 Å². The van der Waals surface area contributed by atoms with Crippen molar-refractivity contribution in [1.82, 2.24) is 0 Å². The monoisotopic (exact) mass is 201 g/mol. The van der Waals surface area contributed by atoms with Gasteiger partial charge in [0.2, 0.25) is 0 Å². The maximum atomic E-state index is 8.58. The Morgan fingerprint density at radius 2 is 1.93 bits per heavy atom. The zero-order chi connectivity index (χ0) is 11.1. The topological polar surface area (TPSA) is 23.8 Å². The van der Waals surface area contributed by atoms with Crippen molar-refractivity contribution < 1.29 is 0 Å². The van der Waals surface area contributed by atoms with Gasteiger partial charge in [0.15, 0.2) is 0 Å². The predicted molar refractivity (Wildman–Crippen MR) is 63.7 cm³/mol. The molecule has 0 radical (unpaired) electrons. The molecule has 0 saturated carbocycles. The molecule has 0 heterocycles. The van der Waals surface area contributed by atoms with Crippen LogP contribution in [0.25, 0.3) is 0 Å². The SMILES string of the molecule is CCCCC.N#CC1Cc2ccccc21. The molecule has 0 bridgehead atoms. The number of fused-ring (bicyclic) bond motifs is 1. The van der Waals surface area contributed by atoms with E-state index in [1.165, 1.54) is 30.4 Å². The van der Waals surface area contributed by atoms with Crippen LogP contribution in [-0.2, 0) is 6.42 Å². The lowest BCUT2D eigenvalue weighted by Gasteiger charge is -2.23. The largest absolute Gasteiger partial charge is 0.198 e. The van der Waals surface area contributed by atoms with Crippen molar-refractivity contribution in [2.75, 3.05) is 0 Å². The molecule has 15 heavy (non-hydrogen) atoms. The van der Waals surface area contributed by atoms with E-state index in [-0.39, 0.29) is 5.92 Å². The number of nitriles is 1. The van der Waals surface area contributed by atoms with E-state index >= 15 is 0 Å². The molecule has 0 aliphatic heterocycles. The Morgan fingerprint density at radius 1 is 1.27 bits per heavy atom. The summed E-state index contributed by atoms with van der Waals surface area (Å²) in [6.07, 6.45) is 5.03. The summed E-state index contributed by atoms with van der Waals surface area (Å²) in [6.45, 7) is 4.42. The second-order valence-electron chi connectivity index (χ2n) is 3.94. The van der Waals surface area contributed by atoms with E-state index < -0.39 is 0 Å². The van der Waals surface area contributed by atoms with Gasteiger partial charge < -0.3 is 0 Å². The molecule has 1 aliphatic rings. The molecule has 2 rings (SSSR count). The van der Waals surface area contributed by atoms with Crippen LogP contribution in [0.5, 0.6) is 0 Å². The van der Waals surface area contributed by atoms with Crippen molar-refractivity contribution in [3.05, 3.63) is 35.4 Å². The predicted octanol–water partition coefficient (Wildman–Crippen LogP) is 4.05. The normalized spacial score (nSPS) is 16.5. The summed E-state index contributed by atoms with van der Waals surface area (Å²) in [4.78, 5) is 0. The Balaban J connectivity index is 0.000000195. The molecular formula is C14H19N. The van der Waals surface area contributed by atoms with Crippen LogP contribution >= 0.6 is 0 Å². The first kappa shape index (κ1) is 11.8. The molecule has 0 N–H and O–H groups in total. The molecule has 1 nitrogen and oxygen atoms in total. The molecule has 1 unspecified atom stereocenters. The van der Waals surface area contributed by atoms with Gasteiger partial charge in [-0.3, -0.25) is 0 Å². The van der Waals surface area contributed by atoms with E-state index in [9.17, 15) is 0 Å². The van der Waals surface area contributed by atoms with Crippen LogP contribution in [0.3, 0.4) is 0 Å². The first-order chi connectivity index (χ1) is 7.33. The lowest BCUT2D eigenvalue weighted by Crippen LogP contribution is -2.14. The number of hydrogen-bond donors (Lipinski definition) is 0. The number of nitrogens with zero attached hydrogens (tertiary/aromatic N) is 1. The number of benzene rings is 1. The van der Waals surface area contributed by atoms with Crippen LogP contribution in [-0.4, -0.2) is 0 Å². The molecule has 1 atom stereocenters. The molecule has 1 aromatic carbocycles. The highest BCUT2D eigenvalue weighted by atomic mass is 14.3. The minimum atomic E-state index is 0.177. The quantitative estimate of drug-likeness (QED) is 0.708. The maximum absolute atomic E-state index is 8.58. The third-order valence-corrected chi connectivity index (χ3v) is 2.72. The van der Waals surface area contributed by atoms with Gasteiger partial charge in [-0.2, -0.15) is 5.26 Å². The zero-order valence-corrected chi connectivity index (χ0v) is 9.66. The average Bonchev–Trinajstić information content (AvgIpc) is 2.23. The molecule has 0 saturated heterocycles. The first-order valence-electron chi connectivity index (χ1n) is 5.80. The Hall–Kier alpha value is -1.29. The lowest BCUT2D eigenvalue weighted by molar-refractivity contribution is 0.745. The standard InChI is InChI=1S/C9H7N.C5H12/c10-6-8-5-7-3-1-2-4-9(7)8;1-3-5-4-2/h1-4,8H,5H2;3-5H2,1-2H3. The summed E-state index contributed by atoms with van der Waals surface area (Å²) < 4.78 is 0. The Kier molecular flexibility index (Phi) is 4.90. The molecule has 1 aliphatic carbocycles. The van der Waals surface area contributed by atoms with Crippen molar-refractivity contribution >= 4 is 0 Å². The molecule has 0 fully saturated rings. The second-order valence-corrected chi connectivity index (χ2v) is 3.94. The number of unbranched alkanes of at least 4 members (excludes halogenated alkanes) is 2. The summed E-state index contributed by atoms with van der Waals surface area (Å²) in [6, 6.07) is 10.4. The molecule has 80 valence electrons. The number of hydrogen-bond acceptors (Lipinski definition) is 1. The summed E-state index contributed by atoms with van der Waals surface area (Å²) in [5.74, 6) is 0.177. The van der Waals surface area contributed by atoms with Crippen LogP contribution in [0.2, 0.25) is 0 Å². The van der Waals surface area contributed by atoms with E-state index in [1.54, 1.807) is 0 Å². The Morgan fingerprint density at radius 3 is 2.40 bits per heavy atom. The van der Waals surface area contributed by atoms with Crippen LogP contribution < -0.4 is 0 Å². The van der Waals surface area contributed by atoms with Crippen LogP contribution in [0.1, 0.15) is 50.2 Å². The molecule has 1 aromatic rings. The van der Waals surface area contributed by atoms with Gasteiger partial charge >= 0.3 is 0 Å². The number of rotatable bonds is 2. The van der Waals surface area contributed by atoms with E-state index in [1.807, 2.05) is 18.2 Å². The van der Waals surface area contributed by atoms with Gasteiger partial charge in [0, 0.05) is 0 Å². The van der Waals surface area contributed by atoms with Crippen LogP contribution in [0.4, 0.5) is 0 Å². The molecule has 0 spiro atoms. The van der Waals surface area contributed by atoms with Crippen LogP contribution in [0, 0.1) is 11.3 Å². The van der Waals surface area contributed by atoms with E-state index in [0.717, 1.165) is 6.42 Å². The molecular weight excluding hydrogens is 182 g/mol. The fraction of sp³-hybridized carbons (Fsp3) is 0.500. The smallest absolute Gasteiger partial charge is 0.0755 e. The van der Waals surface area contributed by atoms with E-state index in [4.69, 9.17) is 5.26 Å². The van der Waals surface area contributed by atoms with Crippen molar-refractivity contribution in [3.63, 3.8) is 0 Å². The van der Waals surface area contributed by atoms with Gasteiger partial charge in [-0.05, 0) is 17.5 Å².